The van der Waals surface area contributed by atoms with Crippen molar-refractivity contribution in [3.8, 4) is 0 Å². The maximum Gasteiger partial charge on any atom is 0.240 e. The number of nitrogens with two attached hydrogens (primary N) is 1. The van der Waals surface area contributed by atoms with E-state index >= 15 is 0 Å². The fraction of sp³-hybridized carbons (Fsp3) is 0.353. The molecular weight excluding hydrogens is 290 g/mol. The van der Waals surface area contributed by atoms with Gasteiger partial charge in [-0.2, -0.15) is 10.1 Å². The molecule has 1 saturated heterocycles. The zero-order valence-electron chi connectivity index (χ0n) is 13.2. The van der Waals surface area contributed by atoms with Crippen LogP contribution in [0.1, 0.15) is 24.2 Å². The number of hydrogen-bond donors (Lipinski definition) is 1. The summed E-state index contributed by atoms with van der Waals surface area (Å²) in [5.74, 6) is 1.05. The minimum Gasteiger partial charge on any atom is -0.368 e. The normalized spacial score (nSPS) is 18.0. The van der Waals surface area contributed by atoms with Crippen molar-refractivity contribution >= 4 is 17.9 Å². The number of benzene rings is 1. The molecular formula is C17H21N5O. The highest BCUT2D eigenvalue weighted by Gasteiger charge is 2.31. The van der Waals surface area contributed by atoms with Crippen molar-refractivity contribution in [2.24, 2.45) is 12.8 Å². The number of amides is 1. The molecule has 23 heavy (non-hydrogen) atoms. The molecule has 1 aromatic heterocycles. The van der Waals surface area contributed by atoms with Gasteiger partial charge in [-0.25, -0.2) is 4.68 Å². The van der Waals surface area contributed by atoms with Crippen molar-refractivity contribution in [3.63, 3.8) is 0 Å². The summed E-state index contributed by atoms with van der Waals surface area (Å²) in [5, 5.41) is 4.41. The van der Waals surface area contributed by atoms with Crippen molar-refractivity contribution in [3.05, 3.63) is 47.8 Å². The Morgan fingerprint density at radius 1 is 1.39 bits per heavy atom. The lowest BCUT2D eigenvalue weighted by molar-refractivity contribution is -0.119. The first-order valence-electron chi connectivity index (χ1n) is 7.82. The Kier molecular flexibility index (Phi) is 4.41. The SMILES string of the molecule is Cn1nc(C=CCc2ccccc2)nc1N1CCCC1C(N)=O. The number of carbonyl (C=O) groups excluding carboxylic acids is 1. The van der Waals surface area contributed by atoms with E-state index in [0.717, 1.165) is 25.8 Å². The van der Waals surface area contributed by atoms with Gasteiger partial charge in [-0.15, -0.1) is 0 Å². The van der Waals surface area contributed by atoms with E-state index in [1.165, 1.54) is 5.56 Å². The zero-order chi connectivity index (χ0) is 16.2. The number of primary amides is 1. The molecule has 6 nitrogen and oxygen atoms in total. The molecule has 1 atom stereocenters. The van der Waals surface area contributed by atoms with Gasteiger partial charge >= 0.3 is 0 Å². The summed E-state index contributed by atoms with van der Waals surface area (Å²) in [7, 11) is 1.84. The van der Waals surface area contributed by atoms with Gasteiger partial charge in [-0.05, 0) is 30.9 Å². The smallest absolute Gasteiger partial charge is 0.240 e. The lowest BCUT2D eigenvalue weighted by atomic mass is 10.1. The van der Waals surface area contributed by atoms with Gasteiger partial charge in [0, 0.05) is 13.6 Å². The van der Waals surface area contributed by atoms with Crippen LogP contribution in [0.2, 0.25) is 0 Å². The zero-order valence-corrected chi connectivity index (χ0v) is 13.2. The van der Waals surface area contributed by atoms with Crippen LogP contribution in [0.3, 0.4) is 0 Å². The van der Waals surface area contributed by atoms with Gasteiger partial charge in [-0.3, -0.25) is 4.79 Å². The number of hydrogen-bond acceptors (Lipinski definition) is 4. The maximum atomic E-state index is 11.5. The van der Waals surface area contributed by atoms with Crippen LogP contribution >= 0.6 is 0 Å². The van der Waals surface area contributed by atoms with Crippen molar-refractivity contribution in [2.75, 3.05) is 11.4 Å². The molecule has 1 aliphatic rings. The largest absolute Gasteiger partial charge is 0.368 e. The summed E-state index contributed by atoms with van der Waals surface area (Å²) in [4.78, 5) is 18.0. The third-order valence-electron chi connectivity index (χ3n) is 4.06. The van der Waals surface area contributed by atoms with Gasteiger partial charge in [0.05, 0.1) is 0 Å². The van der Waals surface area contributed by atoms with Crippen LogP contribution in [-0.4, -0.2) is 33.3 Å². The molecule has 120 valence electrons. The second-order valence-corrected chi connectivity index (χ2v) is 5.74. The minimum atomic E-state index is -0.299. The predicted octanol–water partition coefficient (Wildman–Crippen LogP) is 1.53. The van der Waals surface area contributed by atoms with Gasteiger partial charge in [-0.1, -0.05) is 36.4 Å². The van der Waals surface area contributed by atoms with Gasteiger partial charge in [0.1, 0.15) is 6.04 Å². The van der Waals surface area contributed by atoms with Crippen molar-refractivity contribution in [2.45, 2.75) is 25.3 Å². The lowest BCUT2D eigenvalue weighted by Gasteiger charge is -2.21. The molecule has 1 fully saturated rings. The number of carbonyl (C=O) groups is 1. The number of rotatable bonds is 5. The molecule has 1 aromatic carbocycles. The van der Waals surface area contributed by atoms with Gasteiger partial charge < -0.3 is 10.6 Å². The van der Waals surface area contributed by atoms with Crippen LogP contribution in [0.5, 0.6) is 0 Å². The topological polar surface area (TPSA) is 77.0 Å². The number of aryl methyl sites for hydroxylation is 1. The summed E-state index contributed by atoms with van der Waals surface area (Å²) in [5.41, 5.74) is 6.72. The van der Waals surface area contributed by atoms with E-state index in [2.05, 4.69) is 22.2 Å². The van der Waals surface area contributed by atoms with Gasteiger partial charge in [0.15, 0.2) is 5.82 Å². The Hall–Kier alpha value is -2.63. The van der Waals surface area contributed by atoms with Crippen LogP contribution < -0.4 is 10.6 Å². The van der Waals surface area contributed by atoms with Crippen LogP contribution in [0, 0.1) is 0 Å². The highest BCUT2D eigenvalue weighted by molar-refractivity contribution is 5.83. The van der Waals surface area contributed by atoms with E-state index in [9.17, 15) is 4.79 Å². The van der Waals surface area contributed by atoms with Gasteiger partial charge in [0.2, 0.25) is 11.9 Å². The second-order valence-electron chi connectivity index (χ2n) is 5.74. The third-order valence-corrected chi connectivity index (χ3v) is 4.06. The highest BCUT2D eigenvalue weighted by Crippen LogP contribution is 2.23. The third kappa shape index (κ3) is 3.41. The molecule has 2 N–H and O–H groups in total. The highest BCUT2D eigenvalue weighted by atomic mass is 16.1. The first kappa shape index (κ1) is 15.3. The fourth-order valence-corrected chi connectivity index (χ4v) is 2.93. The summed E-state index contributed by atoms with van der Waals surface area (Å²) < 4.78 is 1.71. The van der Waals surface area contributed by atoms with E-state index in [1.54, 1.807) is 4.68 Å². The molecule has 6 heteroatoms. The average Bonchev–Trinajstić information content (AvgIpc) is 3.15. The summed E-state index contributed by atoms with van der Waals surface area (Å²) >= 11 is 0. The van der Waals surface area contributed by atoms with E-state index in [1.807, 2.05) is 42.3 Å². The van der Waals surface area contributed by atoms with Crippen molar-refractivity contribution in [1.29, 1.82) is 0 Å². The second kappa shape index (κ2) is 6.64. The molecule has 0 spiro atoms. The number of nitrogens with zero attached hydrogens (tertiary/aromatic N) is 4. The summed E-state index contributed by atoms with van der Waals surface area (Å²) in [6.45, 7) is 0.785. The van der Waals surface area contributed by atoms with E-state index < -0.39 is 0 Å². The molecule has 0 aliphatic carbocycles. The van der Waals surface area contributed by atoms with Crippen LogP contribution in [0.15, 0.2) is 36.4 Å². The summed E-state index contributed by atoms with van der Waals surface area (Å²) in [6, 6.07) is 9.95. The monoisotopic (exact) mass is 311 g/mol. The van der Waals surface area contributed by atoms with E-state index in [0.29, 0.717) is 11.8 Å². The number of allylic oxidation sites excluding steroid dienone is 1. The molecule has 2 aromatic rings. The lowest BCUT2D eigenvalue weighted by Crippen LogP contribution is -2.41. The van der Waals surface area contributed by atoms with Crippen LogP contribution in [0.4, 0.5) is 5.95 Å². The van der Waals surface area contributed by atoms with E-state index in [4.69, 9.17) is 5.73 Å². The van der Waals surface area contributed by atoms with Gasteiger partial charge in [0.25, 0.3) is 0 Å². The predicted molar refractivity (Wildman–Crippen MR) is 89.7 cm³/mol. The fourth-order valence-electron chi connectivity index (χ4n) is 2.93. The molecule has 1 amide bonds. The Labute approximate surface area is 135 Å². The van der Waals surface area contributed by atoms with E-state index in [-0.39, 0.29) is 11.9 Å². The quantitative estimate of drug-likeness (QED) is 0.908. The Morgan fingerprint density at radius 3 is 2.91 bits per heavy atom. The first-order valence-corrected chi connectivity index (χ1v) is 7.82. The van der Waals surface area contributed by atoms with Crippen molar-refractivity contribution < 1.29 is 4.79 Å². The molecule has 0 saturated carbocycles. The molecule has 0 bridgehead atoms. The molecule has 1 aliphatic heterocycles. The summed E-state index contributed by atoms with van der Waals surface area (Å²) in [6.07, 6.45) is 6.51. The molecule has 2 heterocycles. The minimum absolute atomic E-state index is 0.279. The number of aromatic nitrogens is 3. The molecule has 1 unspecified atom stereocenters. The maximum absolute atomic E-state index is 11.5. The molecule has 0 radical (unpaired) electrons. The number of anilines is 1. The Morgan fingerprint density at radius 2 is 2.17 bits per heavy atom. The first-order chi connectivity index (χ1) is 11.1. The van der Waals surface area contributed by atoms with Crippen molar-refractivity contribution in [1.82, 2.24) is 14.8 Å². The Bertz CT molecular complexity index is 707. The Balaban J connectivity index is 1.72. The van der Waals surface area contributed by atoms with Crippen LogP contribution in [0.25, 0.3) is 6.08 Å². The molecule has 3 rings (SSSR count). The standard InChI is InChI=1S/C17H21N5O/c1-21-17(22-12-6-10-14(22)16(18)23)19-15(20-21)11-5-9-13-7-3-2-4-8-13/h2-5,7-8,11,14H,6,9-10,12H2,1H3,(H2,18,23). The van der Waals surface area contributed by atoms with Crippen LogP contribution in [-0.2, 0) is 18.3 Å². The average molecular weight is 311 g/mol.